The number of halogens is 4. The highest BCUT2D eigenvalue weighted by atomic mass is 32.2. The van der Waals surface area contributed by atoms with Crippen molar-refractivity contribution in [2.24, 2.45) is 0 Å². The van der Waals surface area contributed by atoms with Crippen LogP contribution in [0.15, 0.2) is 6.20 Å². The quantitative estimate of drug-likeness (QED) is 0.597. The Labute approximate surface area is 197 Å². The molecule has 2 aliphatic rings. The van der Waals surface area contributed by atoms with E-state index in [0.717, 1.165) is 23.8 Å². The molecule has 34 heavy (non-hydrogen) atoms. The number of Topliss-reactive ketones (excluding diaryl/α,β-unsaturated/α-hetero) is 1. The molecule has 8 nitrogen and oxygen atoms in total. The number of alkyl halides is 3. The molecule has 0 unspecified atom stereocenters. The monoisotopic (exact) mass is 521 g/mol. The van der Waals surface area contributed by atoms with Gasteiger partial charge in [-0.3, -0.25) is 4.79 Å². The molecule has 14 heteroatoms. The average molecular weight is 522 g/mol. The predicted molar refractivity (Wildman–Crippen MR) is 117 cm³/mol. The summed E-state index contributed by atoms with van der Waals surface area (Å²) in [4.78, 5) is 22.8. The third kappa shape index (κ3) is 5.54. The molecule has 0 bridgehead atoms. The molecule has 0 aromatic carbocycles. The molecule has 2 aromatic rings. The lowest BCUT2D eigenvalue weighted by Crippen LogP contribution is -2.42. The summed E-state index contributed by atoms with van der Waals surface area (Å²) in [5.74, 6) is -1.26. The van der Waals surface area contributed by atoms with Crippen LogP contribution in [0.2, 0.25) is 0 Å². The third-order valence-corrected chi connectivity index (χ3v) is 8.55. The highest BCUT2D eigenvalue weighted by molar-refractivity contribution is 7.88. The Hall–Kier alpha value is -2.19. The predicted octanol–water partition coefficient (Wildman–Crippen LogP) is 3.82. The van der Waals surface area contributed by atoms with Gasteiger partial charge in [0.25, 0.3) is 0 Å². The Bertz CT molecular complexity index is 1170. The van der Waals surface area contributed by atoms with Gasteiger partial charge in [-0.05, 0) is 25.7 Å². The maximum atomic E-state index is 14.6. The standard InChI is InChI=1S/C20H23F4N5O3S2/c1-34(31,32)29-8-6-12(7-9-29)26-19-25-10-14(21)15(27-19)16-17(20(22,23)24)28-18(33-16)11-2-4-13(30)5-3-11/h10-12H,2-9H2,1H3,(H,25,26,27). The first-order chi connectivity index (χ1) is 15.9. The maximum absolute atomic E-state index is 14.6. The van der Waals surface area contributed by atoms with E-state index in [1.165, 1.54) is 4.31 Å². The summed E-state index contributed by atoms with van der Waals surface area (Å²) in [6, 6.07) is -0.213. The van der Waals surface area contributed by atoms with Gasteiger partial charge in [0, 0.05) is 37.9 Å². The molecule has 3 heterocycles. The Morgan fingerprint density at radius 2 is 1.76 bits per heavy atom. The molecule has 0 radical (unpaired) electrons. The average Bonchev–Trinajstić information content (AvgIpc) is 3.21. The van der Waals surface area contributed by atoms with Crippen molar-refractivity contribution in [1.82, 2.24) is 19.3 Å². The van der Waals surface area contributed by atoms with Crippen molar-refractivity contribution >= 4 is 33.1 Å². The second kappa shape index (κ2) is 9.46. The van der Waals surface area contributed by atoms with Gasteiger partial charge in [0.15, 0.2) is 11.5 Å². The third-order valence-electron chi connectivity index (χ3n) is 6.02. The van der Waals surface area contributed by atoms with Crippen molar-refractivity contribution in [1.29, 1.82) is 0 Å². The number of nitrogens with zero attached hydrogens (tertiary/aromatic N) is 4. The minimum Gasteiger partial charge on any atom is -0.351 e. The van der Waals surface area contributed by atoms with Crippen molar-refractivity contribution < 1.29 is 30.8 Å². The first-order valence-corrected chi connectivity index (χ1v) is 13.4. The number of nitrogens with one attached hydrogen (secondary N) is 1. The van der Waals surface area contributed by atoms with Crippen LogP contribution in [0.3, 0.4) is 0 Å². The van der Waals surface area contributed by atoms with E-state index in [1.54, 1.807) is 0 Å². The zero-order chi connectivity index (χ0) is 24.7. The molecule has 2 fully saturated rings. The van der Waals surface area contributed by atoms with E-state index in [-0.39, 0.29) is 54.6 Å². The molecule has 1 aliphatic heterocycles. The van der Waals surface area contributed by atoms with E-state index < -0.39 is 38.3 Å². The number of carbonyl (C=O) groups excluding carboxylic acids is 1. The number of rotatable bonds is 5. The lowest BCUT2D eigenvalue weighted by Gasteiger charge is -2.30. The number of ketones is 1. The van der Waals surface area contributed by atoms with Crippen LogP contribution in [-0.2, 0) is 21.0 Å². The number of piperidine rings is 1. The minimum absolute atomic E-state index is 0.0412. The topological polar surface area (TPSA) is 105 Å². The fourth-order valence-electron chi connectivity index (χ4n) is 4.16. The van der Waals surface area contributed by atoms with Crippen LogP contribution in [0.5, 0.6) is 0 Å². The lowest BCUT2D eigenvalue weighted by molar-refractivity contribution is -0.140. The Balaban J connectivity index is 1.59. The molecule has 1 aliphatic carbocycles. The number of sulfonamides is 1. The van der Waals surface area contributed by atoms with Crippen molar-refractivity contribution in [3.05, 3.63) is 22.7 Å². The van der Waals surface area contributed by atoms with Crippen molar-refractivity contribution in [3.63, 3.8) is 0 Å². The van der Waals surface area contributed by atoms with Gasteiger partial charge in [0.2, 0.25) is 16.0 Å². The van der Waals surface area contributed by atoms with Crippen LogP contribution in [0.25, 0.3) is 10.6 Å². The summed E-state index contributed by atoms with van der Waals surface area (Å²) >= 11 is 0.745. The van der Waals surface area contributed by atoms with Gasteiger partial charge in [-0.25, -0.2) is 32.1 Å². The Morgan fingerprint density at radius 1 is 1.12 bits per heavy atom. The maximum Gasteiger partial charge on any atom is 0.434 e. The Kier molecular flexibility index (Phi) is 6.93. The number of anilines is 1. The van der Waals surface area contributed by atoms with Gasteiger partial charge < -0.3 is 5.32 Å². The molecule has 4 rings (SSSR count). The highest BCUT2D eigenvalue weighted by Gasteiger charge is 2.40. The van der Waals surface area contributed by atoms with Gasteiger partial charge in [-0.2, -0.15) is 13.2 Å². The van der Waals surface area contributed by atoms with Gasteiger partial charge in [0.1, 0.15) is 11.5 Å². The number of hydrogen-bond donors (Lipinski definition) is 1. The van der Waals surface area contributed by atoms with Crippen molar-refractivity contribution in [2.75, 3.05) is 24.7 Å². The van der Waals surface area contributed by atoms with Gasteiger partial charge in [0.05, 0.1) is 22.3 Å². The summed E-state index contributed by atoms with van der Waals surface area (Å²) in [6.07, 6.45) is -0.577. The molecule has 186 valence electrons. The van der Waals surface area contributed by atoms with E-state index in [4.69, 9.17) is 0 Å². The summed E-state index contributed by atoms with van der Waals surface area (Å²) in [6.45, 7) is 0.565. The fourth-order valence-corrected chi connectivity index (χ4v) is 6.28. The highest BCUT2D eigenvalue weighted by Crippen LogP contribution is 2.44. The summed E-state index contributed by atoms with van der Waals surface area (Å²) in [7, 11) is -3.31. The first-order valence-electron chi connectivity index (χ1n) is 10.8. The molecule has 2 aromatic heterocycles. The van der Waals surface area contributed by atoms with Gasteiger partial charge in [-0.15, -0.1) is 11.3 Å². The van der Waals surface area contributed by atoms with Crippen LogP contribution in [0.4, 0.5) is 23.5 Å². The zero-order valence-corrected chi connectivity index (χ0v) is 19.9. The molecule has 1 saturated carbocycles. The number of thiazole rings is 1. The van der Waals surface area contributed by atoms with E-state index >= 15 is 0 Å². The largest absolute Gasteiger partial charge is 0.434 e. The van der Waals surface area contributed by atoms with Crippen molar-refractivity contribution in [2.45, 2.75) is 56.7 Å². The molecule has 0 atom stereocenters. The van der Waals surface area contributed by atoms with Crippen LogP contribution in [0.1, 0.15) is 55.1 Å². The van der Waals surface area contributed by atoms with Gasteiger partial charge >= 0.3 is 6.18 Å². The van der Waals surface area contributed by atoms with Crippen LogP contribution in [-0.4, -0.2) is 58.8 Å². The van der Waals surface area contributed by atoms with Gasteiger partial charge in [-0.1, -0.05) is 0 Å². The molecular weight excluding hydrogens is 498 g/mol. The summed E-state index contributed by atoms with van der Waals surface area (Å²) in [5.41, 5.74) is -1.69. The van der Waals surface area contributed by atoms with Crippen LogP contribution in [0, 0.1) is 5.82 Å². The summed E-state index contributed by atoms with van der Waals surface area (Å²) < 4.78 is 80.6. The first kappa shape index (κ1) is 24.9. The minimum atomic E-state index is -4.81. The molecule has 0 amide bonds. The lowest BCUT2D eigenvalue weighted by atomic mass is 9.89. The van der Waals surface area contributed by atoms with E-state index in [9.17, 15) is 30.8 Å². The van der Waals surface area contributed by atoms with E-state index in [1.807, 2.05) is 0 Å². The van der Waals surface area contributed by atoms with Crippen LogP contribution < -0.4 is 5.32 Å². The number of carbonyl (C=O) groups is 1. The number of aromatic nitrogens is 3. The second-order valence-electron chi connectivity index (χ2n) is 8.51. The second-order valence-corrected chi connectivity index (χ2v) is 11.5. The zero-order valence-electron chi connectivity index (χ0n) is 18.2. The molecule has 1 saturated heterocycles. The normalized spacial score (nSPS) is 19.5. The fraction of sp³-hybridized carbons (Fsp3) is 0.600. The smallest absolute Gasteiger partial charge is 0.351 e. The molecule has 1 N–H and O–H groups in total. The SMILES string of the molecule is CS(=O)(=O)N1CCC(Nc2ncc(F)c(-c3sc(C4CCC(=O)CC4)nc3C(F)(F)F)n2)CC1. The molecule has 0 spiro atoms. The van der Waals surface area contributed by atoms with E-state index in [2.05, 4.69) is 20.3 Å². The Morgan fingerprint density at radius 3 is 2.35 bits per heavy atom. The molecular formula is C20H23F4N5O3S2. The summed E-state index contributed by atoms with van der Waals surface area (Å²) in [5, 5.41) is 3.20. The van der Waals surface area contributed by atoms with Crippen LogP contribution >= 0.6 is 11.3 Å². The van der Waals surface area contributed by atoms with E-state index in [0.29, 0.717) is 25.7 Å². The number of hydrogen-bond acceptors (Lipinski definition) is 8. The van der Waals surface area contributed by atoms with Crippen molar-refractivity contribution in [3.8, 4) is 10.6 Å².